The van der Waals surface area contributed by atoms with Crippen molar-refractivity contribution in [3.05, 3.63) is 124 Å². The van der Waals surface area contributed by atoms with Crippen molar-refractivity contribution in [3.63, 3.8) is 0 Å². The second kappa shape index (κ2) is 12.4. The maximum Gasteiger partial charge on any atom is 0.339 e. The summed E-state index contributed by atoms with van der Waals surface area (Å²) in [6.07, 6.45) is 0. The second-order valence-electron chi connectivity index (χ2n) is 10.2. The third-order valence-corrected chi connectivity index (χ3v) is 9.58. The van der Waals surface area contributed by atoms with E-state index >= 15 is 4.39 Å². The molecule has 2 heterocycles. The largest absolute Gasteiger partial charge is 0.378 e. The Morgan fingerprint density at radius 3 is 2.38 bits per heavy atom. The zero-order chi connectivity index (χ0) is 31.7. The molecule has 6 rings (SSSR count). The summed E-state index contributed by atoms with van der Waals surface area (Å²) < 4.78 is 50.5. The Morgan fingerprint density at radius 1 is 0.933 bits per heavy atom. The lowest BCUT2D eigenvalue weighted by Crippen LogP contribution is -2.20. The Hall–Kier alpha value is -4.71. The molecule has 6 aromatic rings. The van der Waals surface area contributed by atoms with Crippen molar-refractivity contribution in [2.45, 2.75) is 11.4 Å². The number of thiophene rings is 1. The monoisotopic (exact) mass is 660 g/mol. The predicted molar refractivity (Wildman–Crippen MR) is 177 cm³/mol. The molecule has 12 heteroatoms. The number of anilines is 2. The van der Waals surface area contributed by atoms with E-state index < -0.39 is 21.8 Å². The van der Waals surface area contributed by atoms with Gasteiger partial charge in [0.1, 0.15) is 10.6 Å². The van der Waals surface area contributed by atoms with E-state index in [-0.39, 0.29) is 34.3 Å². The number of hydrogen-bond donors (Lipinski definition) is 1. The van der Waals surface area contributed by atoms with Crippen LogP contribution in [0.25, 0.3) is 22.0 Å². The van der Waals surface area contributed by atoms with Crippen LogP contribution in [-0.2, 0) is 16.7 Å². The van der Waals surface area contributed by atoms with Crippen molar-refractivity contribution in [2.75, 3.05) is 24.3 Å². The third kappa shape index (κ3) is 6.02. The van der Waals surface area contributed by atoms with Crippen LogP contribution in [0.3, 0.4) is 0 Å². The molecule has 0 aliphatic carbocycles. The summed E-state index contributed by atoms with van der Waals surface area (Å²) in [6, 6.07) is 28.3. The standard InChI is InChI=1S/C33H26ClFN4O4S2/c1-38(2)26-15-8-14-24-23(26)13-9-17-28(24)45(41,42)43-27-16-7-6-12-25(27)33(40)39-32(36-20-22-18-19-29(34)44-22)30(35)31(37-39)21-10-4-3-5-11-21/h3-19,36H,20H2,1-2H3. The lowest BCUT2D eigenvalue weighted by molar-refractivity contribution is 0.0946. The number of nitrogens with one attached hydrogen (secondary N) is 1. The summed E-state index contributed by atoms with van der Waals surface area (Å²) in [4.78, 5) is 16.7. The van der Waals surface area contributed by atoms with Gasteiger partial charge >= 0.3 is 10.1 Å². The van der Waals surface area contributed by atoms with Crippen LogP contribution < -0.4 is 14.4 Å². The molecule has 228 valence electrons. The van der Waals surface area contributed by atoms with E-state index in [0.29, 0.717) is 15.3 Å². The average molecular weight is 661 g/mol. The summed E-state index contributed by atoms with van der Waals surface area (Å²) in [6.45, 7) is 0.171. The first-order valence-electron chi connectivity index (χ1n) is 13.7. The number of aromatic nitrogens is 2. The molecule has 0 atom stereocenters. The highest BCUT2D eigenvalue weighted by atomic mass is 35.5. The first-order chi connectivity index (χ1) is 21.6. The highest BCUT2D eigenvalue weighted by Gasteiger charge is 2.28. The lowest BCUT2D eigenvalue weighted by Gasteiger charge is -2.17. The van der Waals surface area contributed by atoms with Crippen molar-refractivity contribution in [1.82, 2.24) is 9.78 Å². The molecule has 0 fully saturated rings. The van der Waals surface area contributed by atoms with E-state index in [9.17, 15) is 13.2 Å². The fourth-order valence-electron chi connectivity index (χ4n) is 4.96. The summed E-state index contributed by atoms with van der Waals surface area (Å²) in [5, 5.41) is 8.50. The molecule has 2 aromatic heterocycles. The van der Waals surface area contributed by atoms with Gasteiger partial charge in [-0.1, -0.05) is 78.3 Å². The predicted octanol–water partition coefficient (Wildman–Crippen LogP) is 7.69. The van der Waals surface area contributed by atoms with Crippen molar-refractivity contribution in [1.29, 1.82) is 0 Å². The van der Waals surface area contributed by atoms with Gasteiger partial charge in [-0.15, -0.1) is 11.3 Å². The van der Waals surface area contributed by atoms with Gasteiger partial charge in [-0.3, -0.25) is 4.79 Å². The van der Waals surface area contributed by atoms with E-state index in [2.05, 4.69) is 10.4 Å². The van der Waals surface area contributed by atoms with E-state index in [1.807, 2.05) is 31.1 Å². The number of halogens is 2. The number of rotatable bonds is 9. The summed E-state index contributed by atoms with van der Waals surface area (Å²) >= 11 is 7.38. The highest BCUT2D eigenvalue weighted by molar-refractivity contribution is 7.87. The molecule has 0 amide bonds. The first kappa shape index (κ1) is 30.3. The quantitative estimate of drug-likeness (QED) is 0.159. The molecule has 45 heavy (non-hydrogen) atoms. The van der Waals surface area contributed by atoms with Gasteiger partial charge in [0, 0.05) is 41.0 Å². The molecule has 0 saturated carbocycles. The number of para-hydroxylation sites is 1. The van der Waals surface area contributed by atoms with Crippen LogP contribution in [0.1, 0.15) is 15.2 Å². The van der Waals surface area contributed by atoms with Gasteiger partial charge in [0.05, 0.1) is 16.4 Å². The number of nitrogens with zero attached hydrogens (tertiary/aromatic N) is 3. The molecule has 0 bridgehead atoms. The molecule has 0 saturated heterocycles. The van der Waals surface area contributed by atoms with E-state index in [4.69, 9.17) is 15.8 Å². The smallest absolute Gasteiger partial charge is 0.339 e. The normalized spacial score (nSPS) is 11.5. The summed E-state index contributed by atoms with van der Waals surface area (Å²) in [5.74, 6) is -1.94. The van der Waals surface area contributed by atoms with Crippen LogP contribution in [0, 0.1) is 5.82 Å². The zero-order valence-electron chi connectivity index (χ0n) is 24.1. The highest BCUT2D eigenvalue weighted by Crippen LogP contribution is 2.34. The minimum absolute atomic E-state index is 0.0471. The molecule has 0 spiro atoms. The Kier molecular flexibility index (Phi) is 8.32. The third-order valence-electron chi connectivity index (χ3n) is 7.05. The topological polar surface area (TPSA) is 93.5 Å². The minimum Gasteiger partial charge on any atom is -0.378 e. The second-order valence-corrected chi connectivity index (χ2v) is 13.5. The number of carbonyl (C=O) groups excluding carboxylic acids is 1. The number of carbonyl (C=O) groups is 1. The molecule has 4 aromatic carbocycles. The van der Waals surface area contributed by atoms with Crippen molar-refractivity contribution >= 4 is 61.2 Å². The Balaban J connectivity index is 1.40. The van der Waals surface area contributed by atoms with Gasteiger partial charge < -0.3 is 14.4 Å². The lowest BCUT2D eigenvalue weighted by atomic mass is 10.1. The van der Waals surface area contributed by atoms with Crippen molar-refractivity contribution in [3.8, 4) is 17.0 Å². The van der Waals surface area contributed by atoms with Gasteiger partial charge in [0.25, 0.3) is 5.91 Å². The van der Waals surface area contributed by atoms with Crippen LogP contribution in [0.15, 0.2) is 108 Å². The summed E-state index contributed by atoms with van der Waals surface area (Å²) in [5.41, 5.74) is 1.12. The van der Waals surface area contributed by atoms with Gasteiger partial charge in [-0.25, -0.2) is 4.39 Å². The van der Waals surface area contributed by atoms with Crippen LogP contribution in [-0.4, -0.2) is 38.2 Å². The van der Waals surface area contributed by atoms with Crippen molar-refractivity contribution in [2.24, 2.45) is 0 Å². The molecular formula is C33H26ClFN4O4S2. The molecular weight excluding hydrogens is 635 g/mol. The molecule has 1 N–H and O–H groups in total. The molecule has 8 nitrogen and oxygen atoms in total. The van der Waals surface area contributed by atoms with Crippen molar-refractivity contribution < 1.29 is 21.8 Å². The van der Waals surface area contributed by atoms with Crippen LogP contribution >= 0.6 is 22.9 Å². The van der Waals surface area contributed by atoms with Crippen LogP contribution in [0.2, 0.25) is 4.34 Å². The molecule has 0 aliphatic heterocycles. The Morgan fingerprint density at radius 2 is 1.64 bits per heavy atom. The van der Waals surface area contributed by atoms with E-state index in [1.54, 1.807) is 72.8 Å². The number of fused-ring (bicyclic) bond motifs is 1. The van der Waals surface area contributed by atoms with Gasteiger partial charge in [0.15, 0.2) is 17.4 Å². The van der Waals surface area contributed by atoms with Crippen LogP contribution in [0.5, 0.6) is 5.75 Å². The summed E-state index contributed by atoms with van der Waals surface area (Å²) in [7, 11) is -0.683. The SMILES string of the molecule is CN(C)c1cccc2c(S(=O)(=O)Oc3ccccc3C(=O)n3nc(-c4ccccc4)c(F)c3NCc3ccc(Cl)s3)cccc12. The number of hydrogen-bond acceptors (Lipinski definition) is 8. The van der Waals surface area contributed by atoms with Gasteiger partial charge in [-0.2, -0.15) is 18.2 Å². The fourth-order valence-corrected chi connectivity index (χ4v) is 7.15. The van der Waals surface area contributed by atoms with E-state index in [0.717, 1.165) is 20.6 Å². The number of benzene rings is 4. The maximum absolute atomic E-state index is 15.9. The molecule has 0 aliphatic rings. The molecule has 0 unspecified atom stereocenters. The first-order valence-corrected chi connectivity index (χ1v) is 16.3. The maximum atomic E-state index is 15.9. The Labute approximate surface area is 268 Å². The van der Waals surface area contributed by atoms with E-state index in [1.165, 1.54) is 29.5 Å². The van der Waals surface area contributed by atoms with Gasteiger partial charge in [0.2, 0.25) is 0 Å². The molecule has 0 radical (unpaired) electrons. The Bertz CT molecular complexity index is 2150. The fraction of sp³-hybridized carbons (Fsp3) is 0.0909. The van der Waals surface area contributed by atoms with Crippen LogP contribution in [0.4, 0.5) is 15.9 Å². The zero-order valence-corrected chi connectivity index (χ0v) is 26.5. The minimum atomic E-state index is -4.42. The average Bonchev–Trinajstić information content (AvgIpc) is 3.61. The van der Waals surface area contributed by atoms with Gasteiger partial charge in [-0.05, 0) is 36.4 Å².